The normalized spacial score (nSPS) is 18.3. The summed E-state index contributed by atoms with van der Waals surface area (Å²) in [7, 11) is 0. The highest BCUT2D eigenvalue weighted by molar-refractivity contribution is 5.85. The Balaban J connectivity index is 1.24. The quantitative estimate of drug-likeness (QED) is 0.713. The average molecular weight is 440 g/mol. The second kappa shape index (κ2) is 9.69. The van der Waals surface area contributed by atoms with E-state index in [4.69, 9.17) is 10.5 Å². The summed E-state index contributed by atoms with van der Waals surface area (Å²) >= 11 is 0. The van der Waals surface area contributed by atoms with Crippen LogP contribution in [0.15, 0.2) is 48.5 Å². The molecule has 2 heterocycles. The molecule has 2 amide bonds. The van der Waals surface area contributed by atoms with Crippen LogP contribution in [0.5, 0.6) is 5.75 Å². The summed E-state index contributed by atoms with van der Waals surface area (Å²) in [5.74, 6) is 0.478. The van der Waals surface area contributed by atoms with E-state index in [1.165, 1.54) is 6.07 Å². The number of nitrogens with two attached hydrogens (primary N) is 1. The Morgan fingerprint density at radius 2 is 1.75 bits per heavy atom. The van der Waals surface area contributed by atoms with Crippen LogP contribution >= 0.6 is 0 Å². The number of aryl methyl sites for hydroxylation is 1. The van der Waals surface area contributed by atoms with Gasteiger partial charge in [-0.2, -0.15) is 0 Å². The van der Waals surface area contributed by atoms with Crippen molar-refractivity contribution in [2.45, 2.75) is 38.6 Å². The van der Waals surface area contributed by atoms with Gasteiger partial charge in [0.05, 0.1) is 5.41 Å². The van der Waals surface area contributed by atoms with Crippen LogP contribution in [0.1, 0.15) is 36.8 Å². The summed E-state index contributed by atoms with van der Waals surface area (Å²) in [6, 6.07) is 13.9. The van der Waals surface area contributed by atoms with Gasteiger partial charge in [0.25, 0.3) is 0 Å². The molecule has 0 bridgehead atoms. The number of piperidine rings is 1. The van der Waals surface area contributed by atoms with E-state index in [2.05, 4.69) is 4.90 Å². The number of rotatable bonds is 7. The van der Waals surface area contributed by atoms with Crippen LogP contribution in [-0.4, -0.2) is 48.0 Å². The number of carbonyl (C=O) groups is 2. The lowest BCUT2D eigenvalue weighted by atomic mass is 9.77. The van der Waals surface area contributed by atoms with Crippen LogP contribution < -0.4 is 10.5 Å². The maximum atomic E-state index is 13.3. The first-order chi connectivity index (χ1) is 15.4. The molecule has 2 aromatic carbocycles. The molecular formula is C25H30FN3O3. The molecule has 0 saturated carbocycles. The van der Waals surface area contributed by atoms with Crippen LogP contribution in [-0.2, 0) is 17.8 Å². The zero-order chi connectivity index (χ0) is 22.6. The Morgan fingerprint density at radius 1 is 1.03 bits per heavy atom. The second-order valence-electron chi connectivity index (χ2n) is 8.90. The first-order valence-electron chi connectivity index (χ1n) is 11.3. The van der Waals surface area contributed by atoms with Gasteiger partial charge in [-0.25, -0.2) is 9.18 Å². The van der Waals surface area contributed by atoms with Gasteiger partial charge in [0, 0.05) is 13.1 Å². The SMILES string of the molecule is NC(=O)Oc1ccc(CN2CCC3(CCN(CCCc4cccc(F)c4)CC3)C2=O)cc1. The molecule has 0 aromatic heterocycles. The molecule has 4 rings (SSSR count). The molecule has 2 N–H and O–H groups in total. The molecular weight excluding hydrogens is 409 g/mol. The third kappa shape index (κ3) is 5.27. The summed E-state index contributed by atoms with van der Waals surface area (Å²) in [5.41, 5.74) is 6.84. The largest absolute Gasteiger partial charge is 0.411 e. The minimum Gasteiger partial charge on any atom is -0.411 e. The maximum absolute atomic E-state index is 13.3. The summed E-state index contributed by atoms with van der Waals surface area (Å²) in [4.78, 5) is 28.4. The van der Waals surface area contributed by atoms with Gasteiger partial charge in [-0.1, -0.05) is 24.3 Å². The first kappa shape index (κ1) is 22.3. The molecule has 0 atom stereocenters. The Hall–Kier alpha value is -2.93. The van der Waals surface area contributed by atoms with Crippen molar-refractivity contribution in [3.63, 3.8) is 0 Å². The monoisotopic (exact) mass is 439 g/mol. The number of amides is 2. The number of ether oxygens (including phenoxy) is 1. The van der Waals surface area contributed by atoms with Gasteiger partial charge >= 0.3 is 6.09 Å². The lowest BCUT2D eigenvalue weighted by Gasteiger charge is -2.38. The molecule has 0 unspecified atom stereocenters. The number of hydrogen-bond acceptors (Lipinski definition) is 4. The fraction of sp³-hybridized carbons (Fsp3) is 0.440. The first-order valence-corrected chi connectivity index (χ1v) is 11.3. The van der Waals surface area contributed by atoms with E-state index in [0.29, 0.717) is 12.3 Å². The zero-order valence-corrected chi connectivity index (χ0v) is 18.3. The fourth-order valence-corrected chi connectivity index (χ4v) is 4.91. The van der Waals surface area contributed by atoms with Crippen molar-refractivity contribution in [2.75, 3.05) is 26.2 Å². The molecule has 0 radical (unpaired) electrons. The minimum absolute atomic E-state index is 0.179. The van der Waals surface area contributed by atoms with Gasteiger partial charge in [0.15, 0.2) is 0 Å². The maximum Gasteiger partial charge on any atom is 0.409 e. The fourth-order valence-electron chi connectivity index (χ4n) is 4.91. The third-order valence-corrected chi connectivity index (χ3v) is 6.76. The van der Waals surface area contributed by atoms with E-state index in [1.807, 2.05) is 23.1 Å². The average Bonchev–Trinajstić information content (AvgIpc) is 3.06. The molecule has 7 heteroatoms. The summed E-state index contributed by atoms with van der Waals surface area (Å²) in [6.07, 6.45) is 3.73. The molecule has 170 valence electrons. The number of hydrogen-bond donors (Lipinski definition) is 1. The van der Waals surface area contributed by atoms with Crippen LogP contribution in [0.4, 0.5) is 9.18 Å². The van der Waals surface area contributed by atoms with Gasteiger partial charge in [0.2, 0.25) is 5.91 Å². The Bertz CT molecular complexity index is 955. The lowest BCUT2D eigenvalue weighted by molar-refractivity contribution is -0.138. The van der Waals surface area contributed by atoms with Crippen molar-refractivity contribution in [2.24, 2.45) is 11.1 Å². The summed E-state index contributed by atoms with van der Waals surface area (Å²) in [5, 5.41) is 0. The topological polar surface area (TPSA) is 75.9 Å². The third-order valence-electron chi connectivity index (χ3n) is 6.76. The molecule has 2 aromatic rings. The van der Waals surface area contributed by atoms with Gasteiger partial charge in [-0.15, -0.1) is 0 Å². The predicted molar refractivity (Wildman–Crippen MR) is 120 cm³/mol. The number of nitrogens with zero attached hydrogens (tertiary/aromatic N) is 2. The van der Waals surface area contributed by atoms with Gasteiger partial charge in [0.1, 0.15) is 11.6 Å². The van der Waals surface area contributed by atoms with E-state index in [0.717, 1.165) is 69.4 Å². The van der Waals surface area contributed by atoms with Crippen LogP contribution in [0, 0.1) is 11.2 Å². The zero-order valence-electron chi connectivity index (χ0n) is 18.3. The van der Waals surface area contributed by atoms with E-state index >= 15 is 0 Å². The molecule has 2 aliphatic rings. The van der Waals surface area contributed by atoms with E-state index in [1.54, 1.807) is 24.3 Å². The molecule has 2 saturated heterocycles. The number of benzene rings is 2. The lowest BCUT2D eigenvalue weighted by Crippen LogP contribution is -2.44. The van der Waals surface area contributed by atoms with Crippen molar-refractivity contribution in [1.29, 1.82) is 0 Å². The highest BCUT2D eigenvalue weighted by atomic mass is 19.1. The number of halogens is 1. The number of likely N-dealkylation sites (tertiary alicyclic amines) is 2. The minimum atomic E-state index is -0.838. The van der Waals surface area contributed by atoms with Crippen LogP contribution in [0.2, 0.25) is 0 Å². The van der Waals surface area contributed by atoms with Gasteiger partial charge < -0.3 is 20.3 Å². The second-order valence-corrected chi connectivity index (χ2v) is 8.90. The predicted octanol–water partition coefficient (Wildman–Crippen LogP) is 3.73. The smallest absolute Gasteiger partial charge is 0.409 e. The van der Waals surface area contributed by atoms with E-state index < -0.39 is 6.09 Å². The molecule has 0 aliphatic carbocycles. The number of primary amides is 1. The molecule has 1 spiro atoms. The Morgan fingerprint density at radius 3 is 2.44 bits per heavy atom. The van der Waals surface area contributed by atoms with Crippen LogP contribution in [0.25, 0.3) is 0 Å². The Kier molecular flexibility index (Phi) is 6.74. The van der Waals surface area contributed by atoms with Crippen molar-refractivity contribution >= 4 is 12.0 Å². The van der Waals surface area contributed by atoms with E-state index in [-0.39, 0.29) is 17.1 Å². The van der Waals surface area contributed by atoms with Crippen molar-refractivity contribution < 1.29 is 18.7 Å². The van der Waals surface area contributed by atoms with Crippen molar-refractivity contribution in [1.82, 2.24) is 9.80 Å². The highest BCUT2D eigenvalue weighted by Crippen LogP contribution is 2.42. The molecule has 32 heavy (non-hydrogen) atoms. The summed E-state index contributed by atoms with van der Waals surface area (Å²) < 4.78 is 18.2. The molecule has 2 aliphatic heterocycles. The van der Waals surface area contributed by atoms with Gasteiger partial charge in [-0.05, 0) is 87.1 Å². The molecule has 6 nitrogen and oxygen atoms in total. The van der Waals surface area contributed by atoms with Crippen molar-refractivity contribution in [3.8, 4) is 5.75 Å². The van der Waals surface area contributed by atoms with Crippen molar-refractivity contribution in [3.05, 3.63) is 65.5 Å². The van der Waals surface area contributed by atoms with Gasteiger partial charge in [-0.3, -0.25) is 4.79 Å². The van der Waals surface area contributed by atoms with E-state index in [9.17, 15) is 14.0 Å². The molecule has 2 fully saturated rings. The standard InChI is InChI=1S/C25H30FN3O3/c26-21-5-1-3-19(17-21)4-2-13-28-14-10-25(11-15-28)12-16-29(23(25)30)18-20-6-8-22(9-7-20)32-24(27)31/h1,3,5-9,17H,2,4,10-16,18H2,(H2,27,31). The number of carbonyl (C=O) groups excluding carboxylic acids is 2. The van der Waals surface area contributed by atoms with Crippen LogP contribution in [0.3, 0.4) is 0 Å². The Labute approximate surface area is 188 Å². The highest BCUT2D eigenvalue weighted by Gasteiger charge is 2.47. The summed E-state index contributed by atoms with van der Waals surface area (Å²) in [6.45, 7) is 4.18.